The van der Waals surface area contributed by atoms with Crippen LogP contribution in [-0.4, -0.2) is 23.3 Å². The van der Waals surface area contributed by atoms with Crippen LogP contribution in [-0.2, 0) is 13.2 Å². The predicted molar refractivity (Wildman–Crippen MR) is 177 cm³/mol. The lowest BCUT2D eigenvalue weighted by molar-refractivity contribution is 0.0923. The molecular weight excluding hydrogens is 690 g/mol. The molecule has 8 nitrogen and oxygen atoms in total. The first-order valence-corrected chi connectivity index (χ1v) is 15.5. The molecule has 0 aliphatic rings. The molecule has 1 N–H and O–H groups in total. The number of nitrogens with zero attached hydrogens (tertiary/aromatic N) is 2. The molecule has 10 heteroatoms. The highest BCUT2D eigenvalue weighted by Gasteiger charge is 2.14. The number of ether oxygens (including phenoxy) is 3. The van der Waals surface area contributed by atoms with Crippen LogP contribution in [0.5, 0.6) is 17.2 Å². The second kappa shape index (κ2) is 14.5. The number of carbonyl (C=O) groups excluding carboxylic acids is 1. The van der Waals surface area contributed by atoms with Gasteiger partial charge >= 0.3 is 5.91 Å². The average molecular weight is 721 g/mol. The number of rotatable bonds is 12. The minimum absolute atomic E-state index is 0.127. The van der Waals surface area contributed by atoms with E-state index in [0.717, 1.165) is 15.7 Å². The van der Waals surface area contributed by atoms with Crippen molar-refractivity contribution in [1.82, 2.24) is 9.99 Å². The van der Waals surface area contributed by atoms with Gasteiger partial charge in [0.15, 0.2) is 17.3 Å². The molecule has 0 spiro atoms. The fourth-order valence-corrected chi connectivity index (χ4v) is 5.36. The molecule has 3 aromatic carbocycles. The summed E-state index contributed by atoms with van der Waals surface area (Å²) in [6, 6.07) is 26.9. The smallest absolute Gasteiger partial charge is 0.307 e. The predicted octanol–water partition coefficient (Wildman–Crippen LogP) is 8.53. The van der Waals surface area contributed by atoms with Gasteiger partial charge in [0.05, 0.1) is 17.3 Å². The highest BCUT2D eigenvalue weighted by molar-refractivity contribution is 9.10. The molecule has 0 radical (unpaired) electrons. The summed E-state index contributed by atoms with van der Waals surface area (Å²) < 4.78 is 27.3. The summed E-state index contributed by atoms with van der Waals surface area (Å²) in [6.07, 6.45) is 1.52. The summed E-state index contributed by atoms with van der Waals surface area (Å²) in [4.78, 5) is 12.6. The first-order valence-electron chi connectivity index (χ1n) is 13.9. The Bertz CT molecular complexity index is 1740. The van der Waals surface area contributed by atoms with Crippen LogP contribution in [0.4, 0.5) is 0 Å². The lowest BCUT2D eigenvalue weighted by Crippen LogP contribution is -2.16. The number of aromatic nitrogens is 1. The van der Waals surface area contributed by atoms with Crippen LogP contribution in [0.15, 0.2) is 103 Å². The van der Waals surface area contributed by atoms with Crippen molar-refractivity contribution in [2.45, 2.75) is 34.0 Å². The molecular formula is C34H31Br2N3O5. The number of carbonyl (C=O) groups is 1. The maximum atomic E-state index is 12.6. The molecule has 0 saturated heterocycles. The number of benzene rings is 3. The van der Waals surface area contributed by atoms with Gasteiger partial charge in [-0.3, -0.25) is 4.79 Å². The summed E-state index contributed by atoms with van der Waals surface area (Å²) in [7, 11) is 0. The lowest BCUT2D eigenvalue weighted by atomic mass is 10.2. The van der Waals surface area contributed by atoms with Crippen molar-refractivity contribution in [2.24, 2.45) is 5.10 Å². The maximum Gasteiger partial charge on any atom is 0.307 e. The summed E-state index contributed by atoms with van der Waals surface area (Å²) in [6.45, 7) is 7.07. The van der Waals surface area contributed by atoms with Crippen molar-refractivity contribution < 1.29 is 23.4 Å². The van der Waals surface area contributed by atoms with Gasteiger partial charge in [-0.2, -0.15) is 5.10 Å². The van der Waals surface area contributed by atoms with E-state index in [1.807, 2.05) is 61.5 Å². The van der Waals surface area contributed by atoms with Gasteiger partial charge in [0.2, 0.25) is 0 Å². The van der Waals surface area contributed by atoms with Gasteiger partial charge in [0, 0.05) is 21.5 Å². The van der Waals surface area contributed by atoms with Crippen LogP contribution in [0.2, 0.25) is 0 Å². The maximum absolute atomic E-state index is 12.6. The lowest BCUT2D eigenvalue weighted by Gasteiger charge is -2.14. The third kappa shape index (κ3) is 7.81. The molecule has 1 amide bonds. The Morgan fingerprint density at radius 1 is 0.886 bits per heavy atom. The Kier molecular flexibility index (Phi) is 10.2. The molecule has 0 atom stereocenters. The number of aryl methyl sites for hydroxylation is 2. The van der Waals surface area contributed by atoms with Gasteiger partial charge in [0.25, 0.3) is 0 Å². The van der Waals surface area contributed by atoms with Crippen LogP contribution < -0.4 is 19.6 Å². The van der Waals surface area contributed by atoms with Crippen molar-refractivity contribution in [2.75, 3.05) is 6.61 Å². The van der Waals surface area contributed by atoms with E-state index in [2.05, 4.69) is 72.9 Å². The van der Waals surface area contributed by atoms with Crippen LogP contribution in [0.25, 0.3) is 5.69 Å². The van der Waals surface area contributed by atoms with Crippen LogP contribution in [0, 0.1) is 13.8 Å². The van der Waals surface area contributed by atoms with Gasteiger partial charge in [0.1, 0.15) is 24.7 Å². The van der Waals surface area contributed by atoms with Crippen molar-refractivity contribution in [3.63, 3.8) is 0 Å². The second-order valence-corrected chi connectivity index (χ2v) is 11.6. The molecule has 0 aliphatic heterocycles. The Morgan fingerprint density at radius 3 is 2.32 bits per heavy atom. The van der Waals surface area contributed by atoms with E-state index in [4.69, 9.17) is 18.6 Å². The molecule has 226 valence electrons. The molecule has 2 aromatic heterocycles. The Morgan fingerprint density at radius 2 is 1.61 bits per heavy atom. The molecule has 0 aliphatic carbocycles. The zero-order valence-corrected chi connectivity index (χ0v) is 27.6. The fourth-order valence-electron chi connectivity index (χ4n) is 4.52. The fraction of sp³-hybridized carbons (Fsp3) is 0.176. The quantitative estimate of drug-likeness (QED) is 0.103. The number of furan rings is 1. The summed E-state index contributed by atoms with van der Waals surface area (Å²) >= 11 is 7.02. The van der Waals surface area contributed by atoms with Crippen LogP contribution in [0.3, 0.4) is 0 Å². The van der Waals surface area contributed by atoms with Gasteiger partial charge < -0.3 is 23.2 Å². The normalized spacial score (nSPS) is 11.1. The topological polar surface area (TPSA) is 87.2 Å². The minimum Gasteiger partial charge on any atom is -0.490 e. The van der Waals surface area contributed by atoms with E-state index in [9.17, 15) is 4.79 Å². The van der Waals surface area contributed by atoms with Gasteiger partial charge in [-0.05, 0) is 121 Å². The molecule has 0 fully saturated rings. The van der Waals surface area contributed by atoms with Crippen molar-refractivity contribution in [1.29, 1.82) is 0 Å². The van der Waals surface area contributed by atoms with E-state index in [-0.39, 0.29) is 12.4 Å². The Labute approximate surface area is 272 Å². The SMILES string of the molecule is CCOc1cc(/C=N/NC(=O)c2ccc(COc3ccc(-n4c(C)ccc4C)cc3)o2)cc(Br)c1OCc1ccc(Br)cc1. The number of hydrogen-bond donors (Lipinski definition) is 1. The van der Waals surface area contributed by atoms with E-state index in [1.54, 1.807) is 18.2 Å². The van der Waals surface area contributed by atoms with Gasteiger partial charge in [-0.1, -0.05) is 28.1 Å². The standard InChI is InChI=1S/C34H31Br2N3O5/c1-4-41-32-18-25(17-30(36)33(32)43-20-24-7-9-26(35)10-8-24)19-37-38-34(40)31-16-15-29(44-31)21-42-28-13-11-27(12-14-28)39-22(2)5-6-23(39)3/h5-19H,4,20-21H2,1-3H3,(H,38,40)/b37-19+. The number of hydrazone groups is 1. The third-order valence-electron chi connectivity index (χ3n) is 6.64. The van der Waals surface area contributed by atoms with E-state index in [1.165, 1.54) is 17.6 Å². The highest BCUT2D eigenvalue weighted by atomic mass is 79.9. The van der Waals surface area contributed by atoms with Crippen molar-refractivity contribution >= 4 is 44.0 Å². The van der Waals surface area contributed by atoms with E-state index in [0.29, 0.717) is 46.3 Å². The number of hydrogen-bond acceptors (Lipinski definition) is 6. The Hall–Kier alpha value is -4.28. The zero-order chi connectivity index (χ0) is 31.1. The largest absolute Gasteiger partial charge is 0.490 e. The molecule has 0 bridgehead atoms. The molecule has 44 heavy (non-hydrogen) atoms. The number of halogens is 2. The number of nitrogens with one attached hydrogen (secondary N) is 1. The summed E-state index contributed by atoms with van der Waals surface area (Å²) in [5.41, 5.74) is 7.64. The second-order valence-electron chi connectivity index (χ2n) is 9.88. The highest BCUT2D eigenvalue weighted by Crippen LogP contribution is 2.37. The third-order valence-corrected chi connectivity index (χ3v) is 7.76. The van der Waals surface area contributed by atoms with Gasteiger partial charge in [-0.25, -0.2) is 5.43 Å². The van der Waals surface area contributed by atoms with Crippen molar-refractivity contribution in [3.8, 4) is 22.9 Å². The van der Waals surface area contributed by atoms with E-state index >= 15 is 0 Å². The molecule has 0 unspecified atom stereocenters. The monoisotopic (exact) mass is 719 g/mol. The summed E-state index contributed by atoms with van der Waals surface area (Å²) in [5, 5.41) is 4.10. The van der Waals surface area contributed by atoms with Crippen LogP contribution >= 0.6 is 31.9 Å². The zero-order valence-electron chi connectivity index (χ0n) is 24.5. The Balaban J connectivity index is 1.15. The molecule has 5 rings (SSSR count). The van der Waals surface area contributed by atoms with Crippen LogP contribution in [0.1, 0.15) is 45.8 Å². The molecule has 2 heterocycles. The average Bonchev–Trinajstić information content (AvgIpc) is 3.63. The minimum atomic E-state index is -0.479. The molecule has 5 aromatic rings. The summed E-state index contributed by atoms with van der Waals surface area (Å²) in [5.74, 6) is 2.01. The first-order chi connectivity index (χ1) is 21.3. The first kappa shape index (κ1) is 31.2. The van der Waals surface area contributed by atoms with Gasteiger partial charge in [-0.15, -0.1) is 0 Å². The van der Waals surface area contributed by atoms with E-state index < -0.39 is 5.91 Å². The number of amides is 1. The molecule has 0 saturated carbocycles. The van der Waals surface area contributed by atoms with Crippen molar-refractivity contribution in [3.05, 3.63) is 128 Å².